The number of cyclic esters (lactones) is 1. The van der Waals surface area contributed by atoms with Gasteiger partial charge < -0.3 is 14.7 Å². The highest BCUT2D eigenvalue weighted by Gasteiger charge is 2.32. The van der Waals surface area contributed by atoms with Gasteiger partial charge in [0.05, 0.1) is 25.4 Å². The van der Waals surface area contributed by atoms with Gasteiger partial charge in [0.2, 0.25) is 0 Å². The number of pyridine rings is 1. The number of amides is 1. The molecule has 1 saturated heterocycles. The number of aliphatic hydroxyl groups excluding tert-OH is 1. The number of aromatic nitrogens is 1. The van der Waals surface area contributed by atoms with Gasteiger partial charge in [0.15, 0.2) is 0 Å². The van der Waals surface area contributed by atoms with E-state index in [0.29, 0.717) is 22.6 Å². The summed E-state index contributed by atoms with van der Waals surface area (Å²) in [5.74, 6) is 0.227. The molecule has 0 saturated carbocycles. The van der Waals surface area contributed by atoms with Crippen LogP contribution in [0.1, 0.15) is 0 Å². The second-order valence-electron chi connectivity index (χ2n) is 6.70. The Balaban J connectivity index is 1.53. The Bertz CT molecular complexity index is 905. The summed E-state index contributed by atoms with van der Waals surface area (Å²) in [6.45, 7) is 1.50. The Morgan fingerprint density at radius 3 is 2.75 bits per heavy atom. The van der Waals surface area contributed by atoms with Gasteiger partial charge in [0.1, 0.15) is 24.1 Å². The highest BCUT2D eigenvalue weighted by atomic mass is 19.1. The SMILES string of the molecule is CN1C=NN(c2ccc(-c3ccc(N4C[C@H](CO)OC4=O)cc3F)cn2)CC1. The van der Waals surface area contributed by atoms with Crippen LogP contribution in [0.4, 0.5) is 20.7 Å². The van der Waals surface area contributed by atoms with Crippen LogP contribution >= 0.6 is 0 Å². The van der Waals surface area contributed by atoms with Crippen molar-refractivity contribution >= 4 is 23.9 Å². The second kappa shape index (κ2) is 7.43. The van der Waals surface area contributed by atoms with Crippen LogP contribution in [-0.4, -0.2) is 66.8 Å². The molecule has 3 heterocycles. The van der Waals surface area contributed by atoms with Crippen molar-refractivity contribution in [2.24, 2.45) is 5.10 Å². The zero-order valence-corrected chi connectivity index (χ0v) is 15.3. The van der Waals surface area contributed by atoms with Gasteiger partial charge in [-0.15, -0.1) is 0 Å². The summed E-state index contributed by atoms with van der Waals surface area (Å²) >= 11 is 0. The first kappa shape index (κ1) is 18.2. The van der Waals surface area contributed by atoms with Crippen molar-refractivity contribution in [3.8, 4) is 11.1 Å². The van der Waals surface area contributed by atoms with Crippen LogP contribution in [0, 0.1) is 5.82 Å². The highest BCUT2D eigenvalue weighted by molar-refractivity contribution is 5.90. The van der Waals surface area contributed by atoms with Gasteiger partial charge in [0, 0.05) is 30.9 Å². The zero-order valence-electron chi connectivity index (χ0n) is 15.3. The Hall–Kier alpha value is -3.20. The predicted octanol–water partition coefficient (Wildman–Crippen LogP) is 1.90. The number of carbonyl (C=O) groups is 1. The van der Waals surface area contributed by atoms with Crippen LogP contribution in [0.3, 0.4) is 0 Å². The quantitative estimate of drug-likeness (QED) is 0.866. The second-order valence-corrected chi connectivity index (χ2v) is 6.70. The van der Waals surface area contributed by atoms with Crippen LogP contribution in [-0.2, 0) is 4.74 Å². The fourth-order valence-electron chi connectivity index (χ4n) is 3.12. The van der Waals surface area contributed by atoms with Gasteiger partial charge in [-0.3, -0.25) is 4.90 Å². The van der Waals surface area contributed by atoms with E-state index < -0.39 is 18.0 Å². The van der Waals surface area contributed by atoms with E-state index in [0.717, 1.165) is 13.1 Å². The molecule has 2 aliphatic rings. The van der Waals surface area contributed by atoms with Gasteiger partial charge in [-0.25, -0.2) is 19.2 Å². The van der Waals surface area contributed by atoms with Gasteiger partial charge in [-0.1, -0.05) is 0 Å². The molecule has 2 aliphatic heterocycles. The standard InChI is InChI=1S/C19H20FN5O3/c1-23-6-7-25(22-12-23)18-5-2-13(9-21-18)16-4-3-14(8-17(16)20)24-10-15(11-26)28-19(24)27/h2-5,8-9,12,15,26H,6-7,10-11H2,1H3/t15-/m1/s1. The number of rotatable bonds is 4. The molecule has 0 radical (unpaired) electrons. The molecule has 1 aromatic heterocycles. The lowest BCUT2D eigenvalue weighted by Gasteiger charge is -2.26. The van der Waals surface area contributed by atoms with Crippen molar-refractivity contribution < 1.29 is 19.0 Å². The first-order valence-electron chi connectivity index (χ1n) is 8.92. The molecule has 0 spiro atoms. The fourth-order valence-corrected chi connectivity index (χ4v) is 3.12. The third-order valence-electron chi connectivity index (χ3n) is 4.72. The minimum atomic E-state index is -0.593. The average molecular weight is 385 g/mol. The molecule has 1 atom stereocenters. The molecule has 146 valence electrons. The normalized spacial score (nSPS) is 19.3. The minimum Gasteiger partial charge on any atom is -0.441 e. The van der Waals surface area contributed by atoms with Crippen molar-refractivity contribution in [1.29, 1.82) is 0 Å². The topological polar surface area (TPSA) is 81.5 Å². The maximum absolute atomic E-state index is 14.7. The van der Waals surface area contributed by atoms with E-state index in [-0.39, 0.29) is 13.2 Å². The van der Waals surface area contributed by atoms with E-state index in [1.54, 1.807) is 41.8 Å². The maximum atomic E-state index is 14.7. The van der Waals surface area contributed by atoms with Crippen LogP contribution < -0.4 is 9.91 Å². The molecule has 8 nitrogen and oxygen atoms in total. The summed E-state index contributed by atoms with van der Waals surface area (Å²) in [7, 11) is 1.95. The summed E-state index contributed by atoms with van der Waals surface area (Å²) in [6, 6.07) is 8.14. The molecular formula is C19H20FN5O3. The molecule has 2 aromatic rings. The summed E-state index contributed by atoms with van der Waals surface area (Å²) in [5.41, 5.74) is 1.40. The molecule has 0 aliphatic carbocycles. The number of halogens is 1. The maximum Gasteiger partial charge on any atom is 0.414 e. The fraction of sp³-hybridized carbons (Fsp3) is 0.316. The number of nitrogens with zero attached hydrogens (tertiary/aromatic N) is 5. The number of ether oxygens (including phenoxy) is 1. The summed E-state index contributed by atoms with van der Waals surface area (Å²) in [5, 5.41) is 15.2. The van der Waals surface area contributed by atoms with Gasteiger partial charge in [-0.05, 0) is 30.3 Å². The Morgan fingerprint density at radius 1 is 1.29 bits per heavy atom. The van der Waals surface area contributed by atoms with E-state index in [4.69, 9.17) is 9.84 Å². The summed E-state index contributed by atoms with van der Waals surface area (Å²) in [4.78, 5) is 19.5. The van der Waals surface area contributed by atoms with E-state index >= 15 is 0 Å². The van der Waals surface area contributed by atoms with Crippen molar-refractivity contribution in [3.05, 3.63) is 42.3 Å². The lowest BCUT2D eigenvalue weighted by atomic mass is 10.1. The monoisotopic (exact) mass is 385 g/mol. The van der Waals surface area contributed by atoms with Crippen molar-refractivity contribution in [1.82, 2.24) is 9.88 Å². The van der Waals surface area contributed by atoms with Gasteiger partial charge >= 0.3 is 6.09 Å². The van der Waals surface area contributed by atoms with E-state index in [1.807, 2.05) is 11.9 Å². The molecule has 4 rings (SSSR count). The highest BCUT2D eigenvalue weighted by Crippen LogP contribution is 2.29. The first-order chi connectivity index (χ1) is 13.5. The van der Waals surface area contributed by atoms with Crippen molar-refractivity contribution in [2.45, 2.75) is 6.10 Å². The molecule has 9 heteroatoms. The molecule has 0 unspecified atom stereocenters. The molecule has 1 aromatic carbocycles. The number of aliphatic hydroxyl groups is 1. The van der Waals surface area contributed by atoms with Crippen LogP contribution in [0.15, 0.2) is 41.6 Å². The molecule has 0 bridgehead atoms. The molecule has 1 amide bonds. The van der Waals surface area contributed by atoms with E-state index in [9.17, 15) is 9.18 Å². The largest absolute Gasteiger partial charge is 0.441 e. The van der Waals surface area contributed by atoms with Crippen molar-refractivity contribution in [3.63, 3.8) is 0 Å². The zero-order chi connectivity index (χ0) is 19.7. The minimum absolute atomic E-state index is 0.190. The number of benzene rings is 1. The number of likely N-dealkylation sites (N-methyl/N-ethyl adjacent to an activating group) is 1. The first-order valence-corrected chi connectivity index (χ1v) is 8.92. The van der Waals surface area contributed by atoms with E-state index in [1.165, 1.54) is 11.0 Å². The Morgan fingerprint density at radius 2 is 2.14 bits per heavy atom. The smallest absolute Gasteiger partial charge is 0.414 e. The summed E-state index contributed by atoms with van der Waals surface area (Å²) in [6.07, 6.45) is 2.16. The van der Waals surface area contributed by atoms with Gasteiger partial charge in [0.25, 0.3) is 0 Å². The van der Waals surface area contributed by atoms with Crippen molar-refractivity contribution in [2.75, 3.05) is 43.2 Å². The number of hydrazone groups is 1. The molecule has 1 N–H and O–H groups in total. The Labute approximate surface area is 161 Å². The lowest BCUT2D eigenvalue weighted by molar-refractivity contribution is 0.0963. The van der Waals surface area contributed by atoms with Crippen LogP contribution in [0.25, 0.3) is 11.1 Å². The predicted molar refractivity (Wildman–Crippen MR) is 103 cm³/mol. The van der Waals surface area contributed by atoms with E-state index in [2.05, 4.69) is 10.1 Å². The van der Waals surface area contributed by atoms with Crippen LogP contribution in [0.5, 0.6) is 0 Å². The number of carbonyl (C=O) groups excluding carboxylic acids is 1. The molecule has 28 heavy (non-hydrogen) atoms. The summed E-state index contributed by atoms with van der Waals surface area (Å²) < 4.78 is 19.7. The molecular weight excluding hydrogens is 365 g/mol. The third kappa shape index (κ3) is 3.48. The van der Waals surface area contributed by atoms with Gasteiger partial charge in [-0.2, -0.15) is 5.10 Å². The Kier molecular flexibility index (Phi) is 4.82. The number of anilines is 2. The average Bonchev–Trinajstić information content (AvgIpc) is 3.09. The number of hydrogen-bond donors (Lipinski definition) is 1. The molecule has 1 fully saturated rings. The number of hydrogen-bond acceptors (Lipinski definition) is 7. The lowest BCUT2D eigenvalue weighted by Crippen LogP contribution is -2.35. The van der Waals surface area contributed by atoms with Crippen LogP contribution in [0.2, 0.25) is 0 Å². The third-order valence-corrected chi connectivity index (χ3v) is 4.72.